The summed E-state index contributed by atoms with van der Waals surface area (Å²) in [6.07, 6.45) is 0. The summed E-state index contributed by atoms with van der Waals surface area (Å²) in [5.41, 5.74) is 2.98. The molecule has 0 bridgehead atoms. The van der Waals surface area contributed by atoms with Gasteiger partial charge in [0.05, 0.1) is 0 Å². The van der Waals surface area contributed by atoms with E-state index < -0.39 is 0 Å². The van der Waals surface area contributed by atoms with Crippen LogP contribution in [-0.2, 0) is 11.9 Å². The Bertz CT molecular complexity index is 572. The van der Waals surface area contributed by atoms with E-state index >= 15 is 0 Å². The quantitative estimate of drug-likeness (QED) is 0.659. The lowest BCUT2D eigenvalue weighted by Crippen LogP contribution is -2.18. The Morgan fingerprint density at radius 3 is 2.53 bits per heavy atom. The van der Waals surface area contributed by atoms with Crippen molar-refractivity contribution in [3.63, 3.8) is 0 Å². The van der Waals surface area contributed by atoms with E-state index in [9.17, 15) is 4.39 Å². The van der Waals surface area contributed by atoms with Crippen LogP contribution in [-0.4, -0.2) is 7.05 Å². The van der Waals surface area contributed by atoms with Gasteiger partial charge in [-0.25, -0.2) is 4.39 Å². The first-order chi connectivity index (χ1) is 9.11. The zero-order chi connectivity index (χ0) is 13.8. The molecule has 0 amide bonds. The first kappa shape index (κ1) is 14.5. The Balaban J connectivity index is 2.25. The number of alkyl halides is 1. The van der Waals surface area contributed by atoms with Gasteiger partial charge in [-0.1, -0.05) is 50.1 Å². The summed E-state index contributed by atoms with van der Waals surface area (Å²) >= 11 is 6.95. The van der Waals surface area contributed by atoms with Crippen LogP contribution in [0.2, 0.25) is 0 Å². The fourth-order valence-corrected chi connectivity index (χ4v) is 2.86. The second-order valence-corrected chi connectivity index (χ2v) is 5.83. The molecule has 0 aromatic heterocycles. The standard InChI is InChI=1S/C15H14Br2FN/c1-19(10-11-4-2-3-5-14(11)18)15-7-6-13(17)8-12(15)9-16/h2-8H,9-10H2,1H3. The molecule has 2 aromatic rings. The largest absolute Gasteiger partial charge is 0.370 e. The van der Waals surface area contributed by atoms with Gasteiger partial charge in [-0.05, 0) is 29.8 Å². The third kappa shape index (κ3) is 3.57. The maximum absolute atomic E-state index is 13.7. The smallest absolute Gasteiger partial charge is 0.128 e. The molecule has 0 radical (unpaired) electrons. The number of hydrogen-bond donors (Lipinski definition) is 0. The molecular weight excluding hydrogens is 373 g/mol. The summed E-state index contributed by atoms with van der Waals surface area (Å²) in [4.78, 5) is 2.06. The predicted molar refractivity (Wildman–Crippen MR) is 85.3 cm³/mol. The van der Waals surface area contributed by atoms with Gasteiger partial charge in [-0.3, -0.25) is 0 Å². The van der Waals surface area contributed by atoms with Crippen molar-refractivity contribution in [2.45, 2.75) is 11.9 Å². The zero-order valence-corrected chi connectivity index (χ0v) is 13.7. The van der Waals surface area contributed by atoms with Gasteiger partial charge in [0.25, 0.3) is 0 Å². The van der Waals surface area contributed by atoms with Crippen molar-refractivity contribution in [2.24, 2.45) is 0 Å². The van der Waals surface area contributed by atoms with Crippen LogP contribution in [0.25, 0.3) is 0 Å². The Morgan fingerprint density at radius 1 is 1.11 bits per heavy atom. The van der Waals surface area contributed by atoms with Crippen LogP contribution in [0.5, 0.6) is 0 Å². The summed E-state index contributed by atoms with van der Waals surface area (Å²) in [5.74, 6) is -0.160. The van der Waals surface area contributed by atoms with Gasteiger partial charge in [0, 0.05) is 34.6 Å². The zero-order valence-electron chi connectivity index (χ0n) is 10.5. The Morgan fingerprint density at radius 2 is 1.84 bits per heavy atom. The fourth-order valence-electron chi connectivity index (χ4n) is 2.00. The van der Waals surface area contributed by atoms with Gasteiger partial charge in [0.2, 0.25) is 0 Å². The van der Waals surface area contributed by atoms with Gasteiger partial charge < -0.3 is 4.90 Å². The summed E-state index contributed by atoms with van der Waals surface area (Å²) < 4.78 is 14.7. The molecular formula is C15H14Br2FN. The molecule has 19 heavy (non-hydrogen) atoms. The maximum Gasteiger partial charge on any atom is 0.128 e. The molecule has 0 saturated heterocycles. The van der Waals surface area contributed by atoms with Crippen molar-refractivity contribution < 1.29 is 4.39 Å². The monoisotopic (exact) mass is 385 g/mol. The average Bonchev–Trinajstić information content (AvgIpc) is 2.41. The highest BCUT2D eigenvalue weighted by molar-refractivity contribution is 9.10. The SMILES string of the molecule is CN(Cc1ccccc1F)c1ccc(Br)cc1CBr. The number of benzene rings is 2. The van der Waals surface area contributed by atoms with E-state index in [1.807, 2.05) is 31.3 Å². The molecule has 0 atom stereocenters. The van der Waals surface area contributed by atoms with Crippen LogP contribution in [0.4, 0.5) is 10.1 Å². The van der Waals surface area contributed by atoms with Crippen LogP contribution in [0, 0.1) is 5.82 Å². The van der Waals surface area contributed by atoms with Crippen molar-refractivity contribution in [1.29, 1.82) is 0 Å². The molecule has 100 valence electrons. The molecule has 0 N–H and O–H groups in total. The third-order valence-electron chi connectivity index (χ3n) is 2.96. The van der Waals surface area contributed by atoms with Crippen molar-refractivity contribution in [3.05, 3.63) is 63.9 Å². The van der Waals surface area contributed by atoms with E-state index in [0.29, 0.717) is 12.1 Å². The second-order valence-electron chi connectivity index (χ2n) is 4.35. The van der Waals surface area contributed by atoms with Crippen LogP contribution in [0.1, 0.15) is 11.1 Å². The minimum Gasteiger partial charge on any atom is -0.370 e. The van der Waals surface area contributed by atoms with Gasteiger partial charge >= 0.3 is 0 Å². The summed E-state index contributed by atoms with van der Waals surface area (Å²) in [6, 6.07) is 13.0. The summed E-state index contributed by atoms with van der Waals surface area (Å²) in [5, 5.41) is 0.767. The van der Waals surface area contributed by atoms with Gasteiger partial charge in [-0.15, -0.1) is 0 Å². The molecule has 0 aliphatic carbocycles. The normalized spacial score (nSPS) is 10.5. The number of anilines is 1. The maximum atomic E-state index is 13.7. The van der Waals surface area contributed by atoms with E-state index in [2.05, 4.69) is 42.8 Å². The van der Waals surface area contributed by atoms with Crippen LogP contribution in [0.15, 0.2) is 46.9 Å². The number of hydrogen-bond acceptors (Lipinski definition) is 1. The molecule has 0 unspecified atom stereocenters. The predicted octanol–water partition coefficient (Wildman–Crippen LogP) is 5.12. The fraction of sp³-hybridized carbons (Fsp3) is 0.200. The van der Waals surface area contributed by atoms with Crippen LogP contribution >= 0.6 is 31.9 Å². The highest BCUT2D eigenvalue weighted by Crippen LogP contribution is 2.27. The molecule has 0 saturated carbocycles. The molecule has 2 rings (SSSR count). The Labute approximate surface area is 129 Å². The molecule has 0 aliphatic rings. The van der Waals surface area contributed by atoms with E-state index in [-0.39, 0.29) is 5.82 Å². The first-order valence-corrected chi connectivity index (χ1v) is 7.82. The third-order valence-corrected chi connectivity index (χ3v) is 4.06. The number of rotatable bonds is 4. The van der Waals surface area contributed by atoms with Crippen LogP contribution < -0.4 is 4.90 Å². The second kappa shape index (κ2) is 6.53. The minimum absolute atomic E-state index is 0.160. The van der Waals surface area contributed by atoms with Crippen molar-refractivity contribution in [2.75, 3.05) is 11.9 Å². The lowest BCUT2D eigenvalue weighted by molar-refractivity contribution is 0.608. The number of nitrogens with zero attached hydrogens (tertiary/aromatic N) is 1. The van der Waals surface area contributed by atoms with Crippen LogP contribution in [0.3, 0.4) is 0 Å². The van der Waals surface area contributed by atoms with E-state index in [1.54, 1.807) is 6.07 Å². The van der Waals surface area contributed by atoms with Crippen molar-refractivity contribution in [1.82, 2.24) is 0 Å². The Kier molecular flexibility index (Phi) is 4.99. The molecule has 4 heteroatoms. The van der Waals surface area contributed by atoms with Gasteiger partial charge in [0.15, 0.2) is 0 Å². The molecule has 2 aromatic carbocycles. The molecule has 0 fully saturated rings. The topological polar surface area (TPSA) is 3.24 Å². The molecule has 0 heterocycles. The van der Waals surface area contributed by atoms with Gasteiger partial charge in [0.1, 0.15) is 5.82 Å². The van der Waals surface area contributed by atoms with E-state index in [0.717, 1.165) is 15.5 Å². The van der Waals surface area contributed by atoms with Crippen molar-refractivity contribution in [3.8, 4) is 0 Å². The van der Waals surface area contributed by atoms with Crippen molar-refractivity contribution >= 4 is 37.5 Å². The number of halogens is 3. The highest BCUT2D eigenvalue weighted by Gasteiger charge is 2.10. The first-order valence-electron chi connectivity index (χ1n) is 5.90. The lowest BCUT2D eigenvalue weighted by Gasteiger charge is -2.22. The summed E-state index contributed by atoms with van der Waals surface area (Å²) in [6.45, 7) is 0.550. The Hall–Kier alpha value is -0.870. The van der Waals surface area contributed by atoms with E-state index in [1.165, 1.54) is 11.6 Å². The lowest BCUT2D eigenvalue weighted by atomic mass is 10.1. The minimum atomic E-state index is -0.160. The van der Waals surface area contributed by atoms with E-state index in [4.69, 9.17) is 0 Å². The molecule has 1 nitrogen and oxygen atoms in total. The summed E-state index contributed by atoms with van der Waals surface area (Å²) in [7, 11) is 1.97. The van der Waals surface area contributed by atoms with Gasteiger partial charge in [-0.2, -0.15) is 0 Å². The average molecular weight is 387 g/mol. The highest BCUT2D eigenvalue weighted by atomic mass is 79.9. The molecule has 0 aliphatic heterocycles. The molecule has 0 spiro atoms.